The number of aromatic nitrogens is 2. The normalized spacial score (nSPS) is 10.8. The zero-order valence-electron chi connectivity index (χ0n) is 13.5. The van der Waals surface area contributed by atoms with E-state index in [1.807, 2.05) is 56.3 Å². The van der Waals surface area contributed by atoms with Gasteiger partial charge in [-0.05, 0) is 38.1 Å². The van der Waals surface area contributed by atoms with Gasteiger partial charge in [0.15, 0.2) is 5.78 Å². The van der Waals surface area contributed by atoms with Crippen molar-refractivity contribution in [3.8, 4) is 11.3 Å². The molecule has 0 saturated carbocycles. The number of aryl methyl sites for hydroxylation is 3. The van der Waals surface area contributed by atoms with Gasteiger partial charge >= 0.3 is 0 Å². The van der Waals surface area contributed by atoms with Crippen molar-refractivity contribution in [2.75, 3.05) is 0 Å². The molecule has 0 radical (unpaired) electrons. The van der Waals surface area contributed by atoms with Crippen LogP contribution < -0.4 is 0 Å². The number of benzene rings is 1. The van der Waals surface area contributed by atoms with Crippen LogP contribution in [0.1, 0.15) is 33.9 Å². The van der Waals surface area contributed by atoms with Gasteiger partial charge in [0.25, 0.3) is 0 Å². The summed E-state index contributed by atoms with van der Waals surface area (Å²) >= 11 is 5.88. The minimum Gasteiger partial charge on any atom is -0.361 e. The van der Waals surface area contributed by atoms with E-state index in [9.17, 15) is 4.79 Å². The van der Waals surface area contributed by atoms with Crippen LogP contribution in [0, 0.1) is 13.8 Å². The molecule has 0 aliphatic rings. The van der Waals surface area contributed by atoms with Crippen molar-refractivity contribution >= 4 is 17.4 Å². The van der Waals surface area contributed by atoms with Crippen molar-refractivity contribution in [3.05, 3.63) is 70.2 Å². The number of hydrogen-bond acceptors (Lipinski definition) is 4. The largest absolute Gasteiger partial charge is 0.361 e. The van der Waals surface area contributed by atoms with Gasteiger partial charge in [0, 0.05) is 46.4 Å². The van der Waals surface area contributed by atoms with Crippen molar-refractivity contribution in [3.63, 3.8) is 0 Å². The van der Waals surface area contributed by atoms with Crippen molar-refractivity contribution in [2.45, 2.75) is 26.7 Å². The van der Waals surface area contributed by atoms with Gasteiger partial charge in [-0.1, -0.05) is 28.9 Å². The number of Topliss-reactive ketones (excluding diaryl/α,β-unsaturated/α-hetero) is 1. The van der Waals surface area contributed by atoms with Crippen LogP contribution in [-0.2, 0) is 6.42 Å². The van der Waals surface area contributed by atoms with Crippen LogP contribution in [0.15, 0.2) is 47.0 Å². The third-order valence-corrected chi connectivity index (χ3v) is 4.07. The summed E-state index contributed by atoms with van der Waals surface area (Å²) in [4.78, 5) is 16.7. The Morgan fingerprint density at radius 3 is 2.58 bits per heavy atom. The fourth-order valence-corrected chi connectivity index (χ4v) is 2.67. The molecule has 0 spiro atoms. The Morgan fingerprint density at radius 2 is 1.88 bits per heavy atom. The van der Waals surface area contributed by atoms with E-state index in [-0.39, 0.29) is 5.78 Å². The van der Waals surface area contributed by atoms with Gasteiger partial charge < -0.3 is 4.52 Å². The second-order valence-electron chi connectivity index (χ2n) is 5.69. The zero-order valence-corrected chi connectivity index (χ0v) is 14.3. The van der Waals surface area contributed by atoms with E-state index >= 15 is 0 Å². The molecule has 3 aromatic rings. The lowest BCUT2D eigenvalue weighted by Gasteiger charge is -2.04. The molecule has 4 nitrogen and oxygen atoms in total. The summed E-state index contributed by atoms with van der Waals surface area (Å²) < 4.78 is 5.33. The molecule has 2 heterocycles. The maximum absolute atomic E-state index is 12.3. The Kier molecular flexibility index (Phi) is 4.76. The average molecular weight is 341 g/mol. The van der Waals surface area contributed by atoms with Crippen LogP contribution in [0.3, 0.4) is 0 Å². The molecule has 0 fully saturated rings. The molecule has 0 amide bonds. The molecule has 0 N–H and O–H groups in total. The van der Waals surface area contributed by atoms with E-state index in [0.717, 1.165) is 22.6 Å². The van der Waals surface area contributed by atoms with Gasteiger partial charge in [-0.15, -0.1) is 0 Å². The summed E-state index contributed by atoms with van der Waals surface area (Å²) in [5, 5.41) is 4.73. The average Bonchev–Trinajstić information content (AvgIpc) is 3.02. The van der Waals surface area contributed by atoms with Crippen LogP contribution in [0.25, 0.3) is 11.3 Å². The first-order valence-electron chi connectivity index (χ1n) is 7.72. The molecule has 0 aliphatic carbocycles. The molecule has 24 heavy (non-hydrogen) atoms. The van der Waals surface area contributed by atoms with Crippen LogP contribution >= 0.6 is 11.6 Å². The first-order valence-corrected chi connectivity index (χ1v) is 8.10. The van der Waals surface area contributed by atoms with Gasteiger partial charge in [-0.25, -0.2) is 0 Å². The molecule has 0 saturated heterocycles. The lowest BCUT2D eigenvalue weighted by Crippen LogP contribution is -2.05. The number of nitrogens with zero attached hydrogens (tertiary/aromatic N) is 2. The summed E-state index contributed by atoms with van der Waals surface area (Å²) in [7, 11) is 0. The number of ketones is 1. The fourth-order valence-electron chi connectivity index (χ4n) is 2.54. The van der Waals surface area contributed by atoms with Gasteiger partial charge in [0.05, 0.1) is 0 Å². The van der Waals surface area contributed by atoms with E-state index in [4.69, 9.17) is 16.1 Å². The fraction of sp³-hybridized carbons (Fsp3) is 0.211. The van der Waals surface area contributed by atoms with E-state index < -0.39 is 0 Å². The summed E-state index contributed by atoms with van der Waals surface area (Å²) in [5.74, 6) is 0.746. The predicted molar refractivity (Wildman–Crippen MR) is 93.3 cm³/mol. The second-order valence-corrected chi connectivity index (χ2v) is 6.13. The minimum atomic E-state index is 0.0597. The number of carbonyl (C=O) groups is 1. The molecule has 122 valence electrons. The van der Waals surface area contributed by atoms with E-state index in [2.05, 4.69) is 10.1 Å². The summed E-state index contributed by atoms with van der Waals surface area (Å²) in [6.07, 6.45) is 0.869. The summed E-state index contributed by atoms with van der Waals surface area (Å²) in [6, 6.07) is 12.9. The van der Waals surface area contributed by atoms with Crippen molar-refractivity contribution in [1.82, 2.24) is 10.1 Å². The van der Waals surface area contributed by atoms with Gasteiger partial charge in [-0.2, -0.15) is 0 Å². The molecule has 0 atom stereocenters. The molecule has 0 aliphatic heterocycles. The third kappa shape index (κ3) is 3.71. The number of hydrogen-bond donors (Lipinski definition) is 0. The van der Waals surface area contributed by atoms with Crippen LogP contribution in [0.4, 0.5) is 0 Å². The van der Waals surface area contributed by atoms with Crippen molar-refractivity contribution < 1.29 is 9.32 Å². The van der Waals surface area contributed by atoms with Crippen LogP contribution in [-0.4, -0.2) is 15.9 Å². The maximum Gasteiger partial charge on any atom is 0.165 e. The maximum atomic E-state index is 12.3. The Labute approximate surface area is 145 Å². The lowest BCUT2D eigenvalue weighted by atomic mass is 10.0. The molecular formula is C19H17ClN2O2. The molecule has 3 rings (SSSR count). The summed E-state index contributed by atoms with van der Waals surface area (Å²) in [5.41, 5.74) is 4.01. The number of rotatable bonds is 5. The molecule has 2 aromatic heterocycles. The van der Waals surface area contributed by atoms with E-state index in [0.29, 0.717) is 29.2 Å². The Morgan fingerprint density at radius 1 is 1.12 bits per heavy atom. The smallest absolute Gasteiger partial charge is 0.165 e. The van der Waals surface area contributed by atoms with E-state index in [1.165, 1.54) is 0 Å². The van der Waals surface area contributed by atoms with E-state index in [1.54, 1.807) is 0 Å². The minimum absolute atomic E-state index is 0.0597. The van der Waals surface area contributed by atoms with Gasteiger partial charge in [-0.3, -0.25) is 9.78 Å². The van der Waals surface area contributed by atoms with Gasteiger partial charge in [0.2, 0.25) is 0 Å². The zero-order chi connectivity index (χ0) is 17.1. The lowest BCUT2D eigenvalue weighted by molar-refractivity contribution is 0.0979. The monoisotopic (exact) mass is 340 g/mol. The number of pyridine rings is 1. The topological polar surface area (TPSA) is 56.0 Å². The standard InChI is InChI=1S/C19H17ClN2O2/c1-12-3-9-17(13(2)21-12)19(23)10-8-16-11-18(22-24-16)14-4-6-15(20)7-5-14/h3-7,9,11H,8,10H2,1-2H3. The Hall–Kier alpha value is -2.46. The quantitative estimate of drug-likeness (QED) is 0.625. The Balaban J connectivity index is 1.67. The number of carbonyl (C=O) groups excluding carboxylic acids is 1. The van der Waals surface area contributed by atoms with Gasteiger partial charge in [0.1, 0.15) is 11.5 Å². The third-order valence-electron chi connectivity index (χ3n) is 3.82. The Bertz CT molecular complexity index is 869. The molecular weight excluding hydrogens is 324 g/mol. The van der Waals surface area contributed by atoms with Crippen molar-refractivity contribution in [2.24, 2.45) is 0 Å². The highest BCUT2D eigenvalue weighted by atomic mass is 35.5. The predicted octanol–water partition coefficient (Wildman–Crippen LogP) is 4.82. The van der Waals surface area contributed by atoms with Crippen molar-refractivity contribution in [1.29, 1.82) is 0 Å². The highest BCUT2D eigenvalue weighted by Crippen LogP contribution is 2.22. The molecule has 5 heteroatoms. The first kappa shape index (κ1) is 16.4. The SMILES string of the molecule is Cc1ccc(C(=O)CCc2cc(-c3ccc(Cl)cc3)no2)c(C)n1. The highest BCUT2D eigenvalue weighted by Gasteiger charge is 2.13. The first-order chi connectivity index (χ1) is 11.5. The van der Waals surface area contributed by atoms with Crippen LogP contribution in [0.2, 0.25) is 5.02 Å². The molecule has 0 bridgehead atoms. The van der Waals surface area contributed by atoms with Crippen LogP contribution in [0.5, 0.6) is 0 Å². The summed E-state index contributed by atoms with van der Waals surface area (Å²) in [6.45, 7) is 3.77. The number of halogens is 1. The highest BCUT2D eigenvalue weighted by molar-refractivity contribution is 6.30. The second kappa shape index (κ2) is 6.97. The molecule has 0 unspecified atom stereocenters. The molecule has 1 aromatic carbocycles.